The van der Waals surface area contributed by atoms with Gasteiger partial charge in [0.05, 0.1) is 11.8 Å². The molecule has 2 fully saturated rings. The van der Waals surface area contributed by atoms with Crippen LogP contribution in [0.15, 0.2) is 24.3 Å². The van der Waals surface area contributed by atoms with Gasteiger partial charge in [-0.15, -0.1) is 0 Å². The van der Waals surface area contributed by atoms with E-state index in [1.165, 1.54) is 0 Å². The lowest BCUT2D eigenvalue weighted by Gasteiger charge is -2.27. The molecule has 0 aliphatic carbocycles. The molecule has 0 aromatic rings. The zero-order chi connectivity index (χ0) is 21.2. The van der Waals surface area contributed by atoms with Crippen molar-refractivity contribution in [3.05, 3.63) is 24.3 Å². The highest BCUT2D eigenvalue weighted by Crippen LogP contribution is 2.37. The van der Waals surface area contributed by atoms with Crippen molar-refractivity contribution in [1.29, 1.82) is 0 Å². The van der Waals surface area contributed by atoms with Crippen molar-refractivity contribution in [1.82, 2.24) is 9.80 Å². The van der Waals surface area contributed by atoms with Crippen molar-refractivity contribution in [2.24, 2.45) is 10.8 Å². The average Bonchev–Trinajstić information content (AvgIpc) is 2.84. The van der Waals surface area contributed by atoms with E-state index in [4.69, 9.17) is 9.84 Å². The molecular formula is C21H36N2O4. The monoisotopic (exact) mass is 380 g/mol. The molecule has 6 heteroatoms. The van der Waals surface area contributed by atoms with Crippen LogP contribution in [0.1, 0.15) is 41.0 Å². The Morgan fingerprint density at radius 1 is 1.07 bits per heavy atom. The first kappa shape index (κ1) is 23.4. The molecule has 2 aliphatic heterocycles. The number of aliphatic carboxylic acids is 1. The van der Waals surface area contributed by atoms with Crippen LogP contribution in [0.2, 0.25) is 0 Å². The smallest absolute Gasteiger partial charge is 0.314 e. The number of carboxylic acids is 1. The van der Waals surface area contributed by atoms with E-state index in [-0.39, 0.29) is 11.4 Å². The van der Waals surface area contributed by atoms with Crippen LogP contribution in [-0.2, 0) is 14.3 Å². The fraction of sp³-hybridized carbons (Fsp3) is 0.714. The zero-order valence-corrected chi connectivity index (χ0v) is 18.0. The van der Waals surface area contributed by atoms with Crippen molar-refractivity contribution >= 4 is 11.9 Å². The number of likely N-dealkylation sites (tertiary alicyclic amines) is 2. The molecule has 154 valence electrons. The lowest BCUT2D eigenvalue weighted by atomic mass is 9.82. The summed E-state index contributed by atoms with van der Waals surface area (Å²) >= 11 is 0. The van der Waals surface area contributed by atoms with Crippen molar-refractivity contribution in [2.75, 3.05) is 40.3 Å². The SMILES string of the molecule is C=C1CN(C)C[C@]1(C)C(=O)O.C=C1CN(C)C[C@]1(C)CC(=O)OC(C)(C)C. The molecule has 0 aromatic heterocycles. The predicted octanol–water partition coefficient (Wildman–Crippen LogP) is 2.81. The normalized spacial score (nSPS) is 29.4. The molecule has 0 radical (unpaired) electrons. The Labute approximate surface area is 163 Å². The van der Waals surface area contributed by atoms with Crippen LogP contribution in [0.3, 0.4) is 0 Å². The van der Waals surface area contributed by atoms with Gasteiger partial charge >= 0.3 is 11.9 Å². The van der Waals surface area contributed by atoms with E-state index in [9.17, 15) is 9.59 Å². The van der Waals surface area contributed by atoms with E-state index < -0.39 is 17.0 Å². The van der Waals surface area contributed by atoms with Gasteiger partial charge in [-0.1, -0.05) is 25.7 Å². The number of ether oxygens (including phenoxy) is 1. The van der Waals surface area contributed by atoms with E-state index in [1.807, 2.05) is 39.8 Å². The Morgan fingerprint density at radius 3 is 1.85 bits per heavy atom. The quantitative estimate of drug-likeness (QED) is 0.600. The van der Waals surface area contributed by atoms with Crippen molar-refractivity contribution in [3.63, 3.8) is 0 Å². The molecule has 2 aliphatic rings. The summed E-state index contributed by atoms with van der Waals surface area (Å²) < 4.78 is 5.35. The van der Waals surface area contributed by atoms with Crippen molar-refractivity contribution < 1.29 is 19.4 Å². The molecule has 6 nitrogen and oxygen atoms in total. The molecule has 0 spiro atoms. The number of carbonyl (C=O) groups is 2. The zero-order valence-electron chi connectivity index (χ0n) is 18.0. The number of carbonyl (C=O) groups excluding carboxylic acids is 1. The highest BCUT2D eigenvalue weighted by molar-refractivity contribution is 5.79. The first-order valence-electron chi connectivity index (χ1n) is 9.28. The minimum absolute atomic E-state index is 0.128. The van der Waals surface area contributed by atoms with Crippen LogP contribution in [0.25, 0.3) is 0 Å². The molecule has 2 saturated heterocycles. The van der Waals surface area contributed by atoms with Crippen molar-refractivity contribution in [3.8, 4) is 0 Å². The van der Waals surface area contributed by atoms with Gasteiger partial charge in [0.2, 0.25) is 0 Å². The summed E-state index contributed by atoms with van der Waals surface area (Å²) in [6, 6.07) is 0. The third-order valence-electron chi connectivity index (χ3n) is 5.19. The first-order chi connectivity index (χ1) is 12.1. The van der Waals surface area contributed by atoms with Gasteiger partial charge in [0.25, 0.3) is 0 Å². The summed E-state index contributed by atoms with van der Waals surface area (Å²) in [6.07, 6.45) is 0.424. The number of likely N-dealkylation sites (N-methyl/N-ethyl adjacent to an activating group) is 2. The molecule has 0 aromatic carbocycles. The summed E-state index contributed by atoms with van der Waals surface area (Å²) in [5, 5.41) is 8.87. The molecular weight excluding hydrogens is 344 g/mol. The van der Waals surface area contributed by atoms with E-state index in [2.05, 4.69) is 25.0 Å². The number of esters is 1. The summed E-state index contributed by atoms with van der Waals surface area (Å²) in [4.78, 5) is 26.7. The van der Waals surface area contributed by atoms with E-state index in [1.54, 1.807) is 6.92 Å². The van der Waals surface area contributed by atoms with E-state index in [0.717, 1.165) is 24.2 Å². The molecule has 2 atom stereocenters. The third-order valence-corrected chi connectivity index (χ3v) is 5.19. The van der Waals surface area contributed by atoms with Gasteiger partial charge in [-0.2, -0.15) is 0 Å². The van der Waals surface area contributed by atoms with E-state index >= 15 is 0 Å². The van der Waals surface area contributed by atoms with E-state index in [0.29, 0.717) is 19.5 Å². The number of hydrogen-bond acceptors (Lipinski definition) is 5. The van der Waals surface area contributed by atoms with Crippen LogP contribution in [0, 0.1) is 10.8 Å². The molecule has 0 unspecified atom stereocenters. The Hall–Kier alpha value is -1.66. The second-order valence-electron chi connectivity index (χ2n) is 9.51. The van der Waals surface area contributed by atoms with Gasteiger partial charge in [0, 0.05) is 31.6 Å². The number of hydrogen-bond donors (Lipinski definition) is 1. The minimum atomic E-state index is -0.771. The third kappa shape index (κ3) is 6.18. The fourth-order valence-corrected chi connectivity index (χ4v) is 3.58. The Bertz CT molecular complexity index is 622. The summed E-state index contributed by atoms with van der Waals surface area (Å²) in [5.74, 6) is -0.904. The second kappa shape index (κ2) is 8.15. The molecule has 2 heterocycles. The molecule has 0 saturated carbocycles. The second-order valence-corrected chi connectivity index (χ2v) is 9.51. The maximum absolute atomic E-state index is 11.8. The van der Waals surface area contributed by atoms with Crippen LogP contribution in [0.5, 0.6) is 0 Å². The van der Waals surface area contributed by atoms with Gasteiger partial charge in [0.1, 0.15) is 5.60 Å². The van der Waals surface area contributed by atoms with Gasteiger partial charge < -0.3 is 19.6 Å². The Kier molecular flexibility index (Phi) is 7.06. The van der Waals surface area contributed by atoms with Crippen LogP contribution in [-0.4, -0.2) is 72.7 Å². The van der Waals surface area contributed by atoms with Crippen LogP contribution in [0.4, 0.5) is 0 Å². The van der Waals surface area contributed by atoms with Crippen LogP contribution < -0.4 is 0 Å². The van der Waals surface area contributed by atoms with Gasteiger partial charge in [-0.25, -0.2) is 0 Å². The van der Waals surface area contributed by atoms with Crippen LogP contribution >= 0.6 is 0 Å². The fourth-order valence-electron chi connectivity index (χ4n) is 3.58. The molecule has 1 N–H and O–H groups in total. The molecule has 0 amide bonds. The summed E-state index contributed by atoms with van der Waals surface area (Å²) in [7, 11) is 3.95. The molecule has 27 heavy (non-hydrogen) atoms. The molecule has 2 rings (SSSR count). The molecule has 0 bridgehead atoms. The first-order valence-corrected chi connectivity index (χ1v) is 9.28. The summed E-state index contributed by atoms with van der Waals surface area (Å²) in [5.41, 5.74) is 0.666. The van der Waals surface area contributed by atoms with Gasteiger partial charge in [-0.3, -0.25) is 9.59 Å². The number of rotatable bonds is 3. The highest BCUT2D eigenvalue weighted by Gasteiger charge is 2.42. The Morgan fingerprint density at radius 2 is 1.56 bits per heavy atom. The largest absolute Gasteiger partial charge is 0.481 e. The topological polar surface area (TPSA) is 70.1 Å². The summed E-state index contributed by atoms with van der Waals surface area (Å²) in [6.45, 7) is 20.3. The average molecular weight is 381 g/mol. The Balaban J connectivity index is 0.000000289. The van der Waals surface area contributed by atoms with Gasteiger partial charge in [0.15, 0.2) is 0 Å². The standard InChI is InChI=1S/C13H23NO2.C8H13NO2/c1-10-8-14(6)9-13(10,5)7-11(15)16-12(2,3)4;1-6-4-9(3)5-8(6,2)7(10)11/h1,7-9H2,2-6H3;1,4-5H2,2-3H3,(H,10,11)/t13-;8-/m00/s1. The highest BCUT2D eigenvalue weighted by atomic mass is 16.6. The predicted molar refractivity (Wildman–Crippen MR) is 108 cm³/mol. The minimum Gasteiger partial charge on any atom is -0.481 e. The lowest BCUT2D eigenvalue weighted by Crippen LogP contribution is -2.31. The number of nitrogens with zero attached hydrogens (tertiary/aromatic N) is 2. The maximum atomic E-state index is 11.8. The van der Waals surface area contributed by atoms with Gasteiger partial charge in [-0.05, 0) is 47.4 Å². The number of carboxylic acid groups (broad SMARTS) is 1. The maximum Gasteiger partial charge on any atom is 0.314 e. The van der Waals surface area contributed by atoms with Crippen molar-refractivity contribution in [2.45, 2.75) is 46.6 Å². The lowest BCUT2D eigenvalue weighted by molar-refractivity contribution is -0.156.